The maximum Gasteiger partial charge on any atom is 0.329 e. The van der Waals surface area contributed by atoms with Crippen LogP contribution in [0.15, 0.2) is 53.6 Å². The molecule has 118 valence electrons. The van der Waals surface area contributed by atoms with Crippen molar-refractivity contribution < 1.29 is 9.59 Å². The second kappa shape index (κ2) is 8.31. The number of nitrogens with zero attached hydrogens (tertiary/aromatic N) is 1. The molecule has 2 N–H and O–H groups in total. The van der Waals surface area contributed by atoms with Gasteiger partial charge in [0.05, 0.1) is 16.3 Å². The minimum Gasteiger partial charge on any atom is -0.344 e. The normalized spacial score (nSPS) is 10.5. The highest BCUT2D eigenvalue weighted by molar-refractivity contribution is 6.38. The van der Waals surface area contributed by atoms with E-state index in [-0.39, 0.29) is 6.54 Å². The number of hydrogen-bond acceptors (Lipinski definition) is 3. The highest BCUT2D eigenvalue weighted by Gasteiger charge is 2.12. The van der Waals surface area contributed by atoms with E-state index < -0.39 is 11.8 Å². The van der Waals surface area contributed by atoms with Crippen LogP contribution in [0.25, 0.3) is 0 Å². The Hall–Kier alpha value is -2.37. The molecule has 0 aliphatic rings. The predicted molar refractivity (Wildman–Crippen MR) is 90.5 cm³/mol. The van der Waals surface area contributed by atoms with Gasteiger partial charge in [0.15, 0.2) is 0 Å². The van der Waals surface area contributed by atoms with Crippen molar-refractivity contribution in [3.63, 3.8) is 0 Å². The van der Waals surface area contributed by atoms with Gasteiger partial charge < -0.3 is 5.32 Å². The third kappa shape index (κ3) is 5.09. The van der Waals surface area contributed by atoms with Crippen molar-refractivity contribution >= 4 is 41.2 Å². The molecule has 2 aromatic carbocycles. The molecule has 2 aromatic rings. The summed E-state index contributed by atoms with van der Waals surface area (Å²) in [4.78, 5) is 23.3. The van der Waals surface area contributed by atoms with Crippen LogP contribution in [0.5, 0.6) is 0 Å². The van der Waals surface area contributed by atoms with Gasteiger partial charge in [0.25, 0.3) is 0 Å². The lowest BCUT2D eigenvalue weighted by Gasteiger charge is -2.04. The van der Waals surface area contributed by atoms with Gasteiger partial charge in [-0.1, -0.05) is 59.6 Å². The van der Waals surface area contributed by atoms with Crippen LogP contribution >= 0.6 is 23.2 Å². The number of amides is 2. The van der Waals surface area contributed by atoms with Crippen LogP contribution in [0.4, 0.5) is 0 Å². The van der Waals surface area contributed by atoms with E-state index in [0.717, 1.165) is 5.56 Å². The zero-order valence-electron chi connectivity index (χ0n) is 11.9. The molecule has 0 aromatic heterocycles. The maximum absolute atomic E-state index is 11.6. The smallest absolute Gasteiger partial charge is 0.329 e. The van der Waals surface area contributed by atoms with E-state index in [2.05, 4.69) is 15.8 Å². The van der Waals surface area contributed by atoms with Crippen LogP contribution in [0, 0.1) is 0 Å². The number of benzene rings is 2. The van der Waals surface area contributed by atoms with E-state index in [9.17, 15) is 9.59 Å². The maximum atomic E-state index is 11.6. The molecule has 23 heavy (non-hydrogen) atoms. The second-order valence-corrected chi connectivity index (χ2v) is 5.32. The lowest BCUT2D eigenvalue weighted by atomic mass is 10.2. The first-order valence-corrected chi connectivity index (χ1v) is 7.42. The largest absolute Gasteiger partial charge is 0.344 e. The van der Waals surface area contributed by atoms with Crippen molar-refractivity contribution in [2.24, 2.45) is 5.10 Å². The molecule has 0 saturated carbocycles. The predicted octanol–water partition coefficient (Wildman–Crippen LogP) is 2.76. The molecule has 0 unspecified atom stereocenters. The monoisotopic (exact) mass is 349 g/mol. The first-order valence-electron chi connectivity index (χ1n) is 6.67. The Balaban J connectivity index is 1.86. The molecule has 0 heterocycles. The molecule has 0 aliphatic carbocycles. The van der Waals surface area contributed by atoms with Crippen molar-refractivity contribution in [3.05, 3.63) is 69.7 Å². The van der Waals surface area contributed by atoms with Gasteiger partial charge in [-0.25, -0.2) is 5.43 Å². The SMILES string of the molecule is O=C(NCc1ccccc1)C(=O)N/N=C\c1c(Cl)cccc1Cl. The molecule has 2 amide bonds. The molecule has 0 spiro atoms. The molecule has 2 rings (SSSR count). The van der Waals surface area contributed by atoms with Crippen LogP contribution < -0.4 is 10.7 Å². The fraction of sp³-hybridized carbons (Fsp3) is 0.0625. The zero-order chi connectivity index (χ0) is 16.7. The third-order valence-corrected chi connectivity index (χ3v) is 3.52. The van der Waals surface area contributed by atoms with Gasteiger partial charge in [0, 0.05) is 12.1 Å². The molecular formula is C16H13Cl2N3O2. The number of hydrazone groups is 1. The highest BCUT2D eigenvalue weighted by Crippen LogP contribution is 2.21. The lowest BCUT2D eigenvalue weighted by Crippen LogP contribution is -2.37. The molecule has 0 bridgehead atoms. The van der Waals surface area contributed by atoms with E-state index in [1.54, 1.807) is 18.2 Å². The topological polar surface area (TPSA) is 70.6 Å². The van der Waals surface area contributed by atoms with Gasteiger partial charge in [0.2, 0.25) is 0 Å². The van der Waals surface area contributed by atoms with Gasteiger partial charge in [0.1, 0.15) is 0 Å². The number of hydrogen-bond donors (Lipinski definition) is 2. The molecule has 0 radical (unpaired) electrons. The van der Waals surface area contributed by atoms with Crippen molar-refractivity contribution in [3.8, 4) is 0 Å². The van der Waals surface area contributed by atoms with E-state index in [0.29, 0.717) is 15.6 Å². The Morgan fingerprint density at radius 1 is 0.957 bits per heavy atom. The van der Waals surface area contributed by atoms with Crippen molar-refractivity contribution in [1.29, 1.82) is 0 Å². The van der Waals surface area contributed by atoms with Crippen molar-refractivity contribution in [2.75, 3.05) is 0 Å². The van der Waals surface area contributed by atoms with E-state index in [1.807, 2.05) is 30.3 Å². The van der Waals surface area contributed by atoms with Crippen LogP contribution in [0.3, 0.4) is 0 Å². The summed E-state index contributed by atoms with van der Waals surface area (Å²) >= 11 is 11.9. The summed E-state index contributed by atoms with van der Waals surface area (Å²) in [7, 11) is 0. The number of carbonyl (C=O) groups is 2. The minimum atomic E-state index is -0.875. The van der Waals surface area contributed by atoms with Gasteiger partial charge in [-0.3, -0.25) is 9.59 Å². The number of rotatable bonds is 4. The summed E-state index contributed by atoms with van der Waals surface area (Å²) < 4.78 is 0. The Morgan fingerprint density at radius 3 is 2.26 bits per heavy atom. The lowest BCUT2D eigenvalue weighted by molar-refractivity contribution is -0.139. The zero-order valence-corrected chi connectivity index (χ0v) is 13.4. The van der Waals surface area contributed by atoms with E-state index in [4.69, 9.17) is 23.2 Å². The Morgan fingerprint density at radius 2 is 1.61 bits per heavy atom. The minimum absolute atomic E-state index is 0.257. The Kier molecular flexibility index (Phi) is 6.14. The summed E-state index contributed by atoms with van der Waals surface area (Å²) in [6, 6.07) is 14.2. The van der Waals surface area contributed by atoms with Crippen LogP contribution in [0.2, 0.25) is 10.0 Å². The summed E-state index contributed by atoms with van der Waals surface area (Å²) in [5.74, 6) is -1.66. The highest BCUT2D eigenvalue weighted by atomic mass is 35.5. The third-order valence-electron chi connectivity index (χ3n) is 2.86. The van der Waals surface area contributed by atoms with Crippen LogP contribution in [-0.4, -0.2) is 18.0 Å². The molecule has 0 saturated heterocycles. The fourth-order valence-corrected chi connectivity index (χ4v) is 2.19. The Bertz CT molecular complexity index is 713. The van der Waals surface area contributed by atoms with Crippen LogP contribution in [0.1, 0.15) is 11.1 Å². The first kappa shape index (κ1) is 17.0. The summed E-state index contributed by atoms with van der Waals surface area (Å²) in [6.07, 6.45) is 1.28. The van der Waals surface area contributed by atoms with Crippen molar-refractivity contribution in [1.82, 2.24) is 10.7 Å². The fourth-order valence-electron chi connectivity index (χ4n) is 1.70. The standard InChI is InChI=1S/C16H13Cl2N3O2/c17-13-7-4-8-14(18)12(13)10-20-21-16(23)15(22)19-9-11-5-2-1-3-6-11/h1-8,10H,9H2,(H,19,22)(H,21,23)/b20-10-. The number of nitrogens with one attached hydrogen (secondary N) is 2. The van der Waals surface area contributed by atoms with E-state index in [1.165, 1.54) is 6.21 Å². The average molecular weight is 350 g/mol. The van der Waals surface area contributed by atoms with Crippen molar-refractivity contribution in [2.45, 2.75) is 6.54 Å². The first-order chi connectivity index (χ1) is 11.1. The molecule has 0 atom stereocenters. The average Bonchev–Trinajstić information content (AvgIpc) is 2.56. The number of halogens is 2. The van der Waals surface area contributed by atoms with Gasteiger partial charge >= 0.3 is 11.8 Å². The molecule has 0 aliphatic heterocycles. The quantitative estimate of drug-likeness (QED) is 0.506. The van der Waals surface area contributed by atoms with Gasteiger partial charge in [-0.2, -0.15) is 5.10 Å². The molecule has 7 heteroatoms. The molecule has 5 nitrogen and oxygen atoms in total. The van der Waals surface area contributed by atoms with Crippen LogP contribution in [-0.2, 0) is 16.1 Å². The van der Waals surface area contributed by atoms with E-state index >= 15 is 0 Å². The van der Waals surface area contributed by atoms with Gasteiger partial charge in [-0.05, 0) is 17.7 Å². The summed E-state index contributed by atoms with van der Waals surface area (Å²) in [5, 5.41) is 6.96. The molecular weight excluding hydrogens is 337 g/mol. The van der Waals surface area contributed by atoms with Gasteiger partial charge in [-0.15, -0.1) is 0 Å². The summed E-state index contributed by atoms with van der Waals surface area (Å²) in [5.41, 5.74) is 3.47. The summed E-state index contributed by atoms with van der Waals surface area (Å²) in [6.45, 7) is 0.257. The number of carbonyl (C=O) groups excluding carboxylic acids is 2. The molecule has 0 fully saturated rings. The Labute approximate surface area is 143 Å². The second-order valence-electron chi connectivity index (χ2n) is 4.50.